The molecular weight excluding hydrogens is 266 g/mol. The van der Waals surface area contributed by atoms with Gasteiger partial charge in [-0.25, -0.2) is 4.79 Å². The quantitative estimate of drug-likeness (QED) is 0.838. The summed E-state index contributed by atoms with van der Waals surface area (Å²) in [7, 11) is 0. The van der Waals surface area contributed by atoms with E-state index in [9.17, 15) is 9.59 Å². The van der Waals surface area contributed by atoms with Crippen LogP contribution in [0.15, 0.2) is 24.3 Å². The lowest BCUT2D eigenvalue weighted by Crippen LogP contribution is -2.39. The van der Waals surface area contributed by atoms with Crippen molar-refractivity contribution in [1.82, 2.24) is 5.32 Å². The van der Waals surface area contributed by atoms with Crippen molar-refractivity contribution in [2.45, 2.75) is 59.1 Å². The Morgan fingerprint density at radius 2 is 1.86 bits per heavy atom. The van der Waals surface area contributed by atoms with Crippen molar-refractivity contribution in [1.29, 1.82) is 0 Å². The number of hydrogen-bond donors (Lipinski definition) is 1. The van der Waals surface area contributed by atoms with Crippen LogP contribution in [0.3, 0.4) is 0 Å². The fourth-order valence-corrected chi connectivity index (χ4v) is 1.99. The van der Waals surface area contributed by atoms with E-state index in [1.807, 2.05) is 58.9 Å². The molecule has 1 N–H and O–H groups in total. The van der Waals surface area contributed by atoms with E-state index in [1.54, 1.807) is 0 Å². The number of Topliss-reactive ketones (excluding diaryl/α,β-unsaturated/α-hetero) is 1. The molecule has 1 atom stereocenters. The molecule has 0 saturated heterocycles. The first-order valence-electron chi connectivity index (χ1n) is 7.31. The van der Waals surface area contributed by atoms with Crippen LogP contribution in [-0.4, -0.2) is 23.5 Å². The Hall–Kier alpha value is -1.84. The summed E-state index contributed by atoms with van der Waals surface area (Å²) >= 11 is 0. The van der Waals surface area contributed by atoms with Crippen LogP contribution in [0, 0.1) is 6.92 Å². The van der Waals surface area contributed by atoms with Gasteiger partial charge in [0.05, 0.1) is 0 Å². The summed E-state index contributed by atoms with van der Waals surface area (Å²) in [5.74, 6) is 0.0380. The number of ether oxygens (including phenoxy) is 1. The molecular formula is C17H25NO3. The Morgan fingerprint density at radius 3 is 2.38 bits per heavy atom. The number of nitrogens with one attached hydrogen (secondary N) is 1. The number of alkyl carbamates (subject to hydrolysis) is 1. The molecule has 1 rings (SSSR count). The van der Waals surface area contributed by atoms with Crippen LogP contribution in [0.25, 0.3) is 0 Å². The van der Waals surface area contributed by atoms with Crippen LogP contribution in [0.2, 0.25) is 0 Å². The monoisotopic (exact) mass is 291 g/mol. The molecule has 0 saturated carbocycles. The third-order valence-electron chi connectivity index (χ3n) is 3.09. The topological polar surface area (TPSA) is 55.4 Å². The molecule has 0 radical (unpaired) electrons. The molecule has 0 aliphatic carbocycles. The first-order valence-corrected chi connectivity index (χ1v) is 7.31. The van der Waals surface area contributed by atoms with E-state index in [-0.39, 0.29) is 18.2 Å². The third kappa shape index (κ3) is 5.98. The zero-order valence-corrected chi connectivity index (χ0v) is 13.5. The minimum Gasteiger partial charge on any atom is -0.444 e. The first kappa shape index (κ1) is 17.2. The van der Waals surface area contributed by atoms with Gasteiger partial charge in [0, 0.05) is 18.0 Å². The van der Waals surface area contributed by atoms with E-state index in [0.717, 1.165) is 5.56 Å². The number of aryl methyl sites for hydroxylation is 1. The summed E-state index contributed by atoms with van der Waals surface area (Å²) < 4.78 is 5.22. The van der Waals surface area contributed by atoms with E-state index in [2.05, 4.69) is 5.32 Å². The molecule has 1 unspecified atom stereocenters. The van der Waals surface area contributed by atoms with Gasteiger partial charge in [0.1, 0.15) is 5.60 Å². The zero-order chi connectivity index (χ0) is 16.0. The SMILES string of the molecule is CCC(CC(=O)c1ccccc1C)NC(=O)OC(C)(C)C. The van der Waals surface area contributed by atoms with Crippen molar-refractivity contribution in [3.8, 4) is 0 Å². The van der Waals surface area contributed by atoms with E-state index in [4.69, 9.17) is 4.74 Å². The Kier molecular flexibility index (Phi) is 5.94. The molecule has 0 aliphatic heterocycles. The number of carbonyl (C=O) groups excluding carboxylic acids is 2. The average Bonchev–Trinajstić information content (AvgIpc) is 2.36. The van der Waals surface area contributed by atoms with E-state index in [0.29, 0.717) is 12.0 Å². The van der Waals surface area contributed by atoms with E-state index in [1.165, 1.54) is 0 Å². The summed E-state index contributed by atoms with van der Waals surface area (Å²) in [4.78, 5) is 24.1. The highest BCUT2D eigenvalue weighted by molar-refractivity contribution is 5.97. The van der Waals surface area contributed by atoms with E-state index >= 15 is 0 Å². The molecule has 0 aliphatic rings. The maximum Gasteiger partial charge on any atom is 0.407 e. The van der Waals surface area contributed by atoms with Crippen molar-refractivity contribution >= 4 is 11.9 Å². The number of ketones is 1. The van der Waals surface area contributed by atoms with Crippen molar-refractivity contribution in [2.24, 2.45) is 0 Å². The molecule has 0 bridgehead atoms. The molecule has 0 fully saturated rings. The van der Waals surface area contributed by atoms with Gasteiger partial charge in [-0.2, -0.15) is 0 Å². The summed E-state index contributed by atoms with van der Waals surface area (Å²) in [5, 5.41) is 2.76. The maximum absolute atomic E-state index is 12.3. The van der Waals surface area contributed by atoms with Crippen LogP contribution in [0.5, 0.6) is 0 Å². The largest absolute Gasteiger partial charge is 0.444 e. The number of benzene rings is 1. The van der Waals surface area contributed by atoms with Gasteiger partial charge in [0.2, 0.25) is 0 Å². The Morgan fingerprint density at radius 1 is 1.24 bits per heavy atom. The van der Waals surface area contributed by atoms with Crippen molar-refractivity contribution < 1.29 is 14.3 Å². The van der Waals surface area contributed by atoms with Crippen LogP contribution >= 0.6 is 0 Å². The second-order valence-corrected chi connectivity index (χ2v) is 6.19. The molecule has 21 heavy (non-hydrogen) atoms. The number of amides is 1. The Balaban J connectivity index is 2.64. The van der Waals surface area contributed by atoms with Gasteiger partial charge in [-0.3, -0.25) is 4.79 Å². The smallest absolute Gasteiger partial charge is 0.407 e. The highest BCUT2D eigenvalue weighted by atomic mass is 16.6. The summed E-state index contributed by atoms with van der Waals surface area (Å²) in [6.45, 7) is 9.28. The predicted octanol–water partition coefficient (Wildman–Crippen LogP) is 3.87. The minimum atomic E-state index is -0.539. The Bertz CT molecular complexity index is 503. The predicted molar refractivity (Wildman–Crippen MR) is 83.6 cm³/mol. The van der Waals surface area contributed by atoms with Gasteiger partial charge in [0.25, 0.3) is 0 Å². The van der Waals surface area contributed by atoms with Gasteiger partial charge < -0.3 is 10.1 Å². The third-order valence-corrected chi connectivity index (χ3v) is 3.09. The summed E-state index contributed by atoms with van der Waals surface area (Å²) in [6.07, 6.45) is 0.476. The van der Waals surface area contributed by atoms with Crippen molar-refractivity contribution in [3.05, 3.63) is 35.4 Å². The van der Waals surface area contributed by atoms with Crippen LogP contribution in [-0.2, 0) is 4.74 Å². The van der Waals surface area contributed by atoms with Gasteiger partial charge in [-0.15, -0.1) is 0 Å². The highest BCUT2D eigenvalue weighted by Crippen LogP contribution is 2.13. The summed E-state index contributed by atoms with van der Waals surface area (Å²) in [6, 6.07) is 7.27. The molecule has 0 heterocycles. The Labute approximate surface area is 126 Å². The summed E-state index contributed by atoms with van der Waals surface area (Å²) in [5.41, 5.74) is 1.12. The molecule has 116 valence electrons. The van der Waals surface area contributed by atoms with Crippen LogP contribution in [0.4, 0.5) is 4.79 Å². The first-order chi connectivity index (χ1) is 9.73. The van der Waals surface area contributed by atoms with Gasteiger partial charge in [-0.1, -0.05) is 31.2 Å². The average molecular weight is 291 g/mol. The second-order valence-electron chi connectivity index (χ2n) is 6.19. The molecule has 0 spiro atoms. The van der Waals surface area contributed by atoms with Gasteiger partial charge >= 0.3 is 6.09 Å². The highest BCUT2D eigenvalue weighted by Gasteiger charge is 2.21. The number of rotatable bonds is 5. The van der Waals surface area contributed by atoms with Crippen LogP contribution in [0.1, 0.15) is 56.5 Å². The van der Waals surface area contributed by atoms with E-state index < -0.39 is 11.7 Å². The fourth-order valence-electron chi connectivity index (χ4n) is 1.99. The van der Waals surface area contributed by atoms with Crippen LogP contribution < -0.4 is 5.32 Å². The molecule has 1 amide bonds. The van der Waals surface area contributed by atoms with Gasteiger partial charge in [-0.05, 0) is 39.7 Å². The number of hydrogen-bond acceptors (Lipinski definition) is 3. The second kappa shape index (κ2) is 7.25. The molecule has 4 nitrogen and oxygen atoms in total. The minimum absolute atomic E-state index is 0.0380. The molecule has 4 heteroatoms. The molecule has 0 aromatic heterocycles. The molecule has 1 aromatic carbocycles. The van der Waals surface area contributed by atoms with Crippen molar-refractivity contribution in [2.75, 3.05) is 0 Å². The number of carbonyl (C=O) groups is 2. The normalized spacial score (nSPS) is 12.6. The lowest BCUT2D eigenvalue weighted by molar-refractivity contribution is 0.0500. The van der Waals surface area contributed by atoms with Gasteiger partial charge in [0.15, 0.2) is 5.78 Å². The maximum atomic E-state index is 12.3. The fraction of sp³-hybridized carbons (Fsp3) is 0.529. The lowest BCUT2D eigenvalue weighted by Gasteiger charge is -2.23. The lowest BCUT2D eigenvalue weighted by atomic mass is 9.98. The standard InChI is InChI=1S/C17H25NO3/c1-6-13(18-16(20)21-17(3,4)5)11-15(19)14-10-8-7-9-12(14)2/h7-10,13H,6,11H2,1-5H3,(H,18,20). The molecule has 1 aromatic rings. The zero-order valence-electron chi connectivity index (χ0n) is 13.5. The van der Waals surface area contributed by atoms with Crippen molar-refractivity contribution in [3.63, 3.8) is 0 Å².